The van der Waals surface area contributed by atoms with E-state index in [0.29, 0.717) is 0 Å². The van der Waals surface area contributed by atoms with Crippen molar-refractivity contribution in [2.24, 2.45) is 5.73 Å². The minimum absolute atomic E-state index is 0.0394. The monoisotopic (exact) mass is 172 g/mol. The summed E-state index contributed by atoms with van der Waals surface area (Å²) in [6.07, 6.45) is 3.25. The normalized spacial score (nSPS) is 26.2. The van der Waals surface area contributed by atoms with Gasteiger partial charge in [-0.25, -0.2) is 4.39 Å². The van der Waals surface area contributed by atoms with Crippen LogP contribution in [0.15, 0.2) is 11.9 Å². The zero-order chi connectivity index (χ0) is 9.14. The van der Waals surface area contributed by atoms with E-state index in [1.54, 1.807) is 0 Å². The van der Waals surface area contributed by atoms with E-state index in [-0.39, 0.29) is 6.04 Å². The van der Waals surface area contributed by atoms with Crippen LogP contribution >= 0.6 is 0 Å². The van der Waals surface area contributed by atoms with Crippen molar-refractivity contribution in [1.29, 1.82) is 0 Å². The minimum Gasteiger partial charge on any atom is -0.364 e. The van der Waals surface area contributed by atoms with Crippen LogP contribution in [0.25, 0.3) is 0 Å². The molecule has 4 heteroatoms. The summed E-state index contributed by atoms with van der Waals surface area (Å²) in [5, 5.41) is 0. The number of nitrogens with two attached hydrogens (primary N) is 1. The van der Waals surface area contributed by atoms with Crippen LogP contribution in [-0.4, -0.2) is 30.4 Å². The van der Waals surface area contributed by atoms with Gasteiger partial charge in [0.2, 0.25) is 0 Å². The number of rotatable bonds is 2. The van der Waals surface area contributed by atoms with Crippen LogP contribution in [0.4, 0.5) is 4.39 Å². The summed E-state index contributed by atoms with van der Waals surface area (Å²) in [6, 6.07) is 0.0394. The third-order valence-electron chi connectivity index (χ3n) is 2.15. The smallest absolute Gasteiger partial charge is 0.277 e. The zero-order valence-electron chi connectivity index (χ0n) is 7.09. The summed E-state index contributed by atoms with van der Waals surface area (Å²) >= 11 is 0. The van der Waals surface area contributed by atoms with Gasteiger partial charge in [0.25, 0.3) is 5.91 Å². The van der Waals surface area contributed by atoms with Crippen molar-refractivity contribution in [2.45, 2.75) is 18.9 Å². The van der Waals surface area contributed by atoms with Gasteiger partial charge in [-0.15, -0.1) is 0 Å². The van der Waals surface area contributed by atoms with Crippen LogP contribution in [0.2, 0.25) is 0 Å². The topological polar surface area (TPSA) is 46.3 Å². The molecule has 0 aliphatic carbocycles. The molecule has 0 aromatic carbocycles. The molecule has 1 fully saturated rings. The number of primary amides is 1. The first-order valence-electron chi connectivity index (χ1n) is 3.98. The van der Waals surface area contributed by atoms with Crippen LogP contribution in [0.3, 0.4) is 0 Å². The first-order valence-corrected chi connectivity index (χ1v) is 3.98. The maximum Gasteiger partial charge on any atom is 0.277 e. The molecule has 1 atom stereocenters. The molecule has 0 unspecified atom stereocenters. The quantitative estimate of drug-likeness (QED) is 0.613. The molecular weight excluding hydrogens is 159 g/mol. The molecule has 68 valence electrons. The van der Waals surface area contributed by atoms with Gasteiger partial charge in [0.05, 0.1) is 0 Å². The molecule has 3 nitrogen and oxygen atoms in total. The fourth-order valence-electron chi connectivity index (χ4n) is 1.40. The van der Waals surface area contributed by atoms with Crippen molar-refractivity contribution in [3.8, 4) is 0 Å². The highest BCUT2D eigenvalue weighted by Crippen LogP contribution is 2.17. The van der Waals surface area contributed by atoms with Gasteiger partial charge < -0.3 is 5.73 Å². The number of amides is 1. The molecule has 0 saturated carbocycles. The molecule has 1 aliphatic rings. The number of likely N-dealkylation sites (tertiary alicyclic amines) is 1. The Morgan fingerprint density at radius 2 is 2.42 bits per heavy atom. The molecule has 1 aliphatic heterocycles. The largest absolute Gasteiger partial charge is 0.364 e. The van der Waals surface area contributed by atoms with E-state index < -0.39 is 11.7 Å². The maximum atomic E-state index is 12.7. The van der Waals surface area contributed by atoms with E-state index in [1.165, 1.54) is 6.08 Å². The number of hydrogen-bond acceptors (Lipinski definition) is 2. The molecule has 1 saturated heterocycles. The van der Waals surface area contributed by atoms with Crippen molar-refractivity contribution in [1.82, 2.24) is 4.90 Å². The lowest BCUT2D eigenvalue weighted by molar-refractivity contribution is -0.115. The van der Waals surface area contributed by atoms with Gasteiger partial charge in [-0.3, -0.25) is 9.69 Å². The molecular formula is C8H13FN2O. The molecule has 0 aromatic rings. The van der Waals surface area contributed by atoms with E-state index in [9.17, 15) is 9.18 Å². The number of carbonyl (C=O) groups excluding carboxylic acids is 1. The summed E-state index contributed by atoms with van der Waals surface area (Å²) in [4.78, 5) is 12.4. The van der Waals surface area contributed by atoms with Gasteiger partial charge in [0, 0.05) is 6.04 Å². The molecule has 0 radical (unpaired) electrons. The SMILES string of the molecule is CN1CCC[C@H]1/C=C(/F)C(N)=O. The standard InChI is InChI=1S/C8H13FN2O/c1-11-4-2-3-6(11)5-7(9)8(10)12/h5-6H,2-4H2,1H3,(H2,10,12)/b7-5+/t6-/m0/s1. The Bertz CT molecular complexity index is 215. The van der Waals surface area contributed by atoms with Gasteiger partial charge in [0.1, 0.15) is 0 Å². The summed E-state index contributed by atoms with van der Waals surface area (Å²) in [5.41, 5.74) is 4.76. The second kappa shape index (κ2) is 3.67. The molecule has 12 heavy (non-hydrogen) atoms. The van der Waals surface area contributed by atoms with Crippen molar-refractivity contribution >= 4 is 5.91 Å². The summed E-state index contributed by atoms with van der Waals surface area (Å²) < 4.78 is 12.7. The second-order valence-electron chi connectivity index (χ2n) is 3.07. The predicted octanol–water partition coefficient (Wildman–Crippen LogP) is 0.419. The first kappa shape index (κ1) is 9.19. The molecule has 1 rings (SSSR count). The van der Waals surface area contributed by atoms with Crippen LogP contribution in [-0.2, 0) is 4.79 Å². The minimum atomic E-state index is -0.977. The number of likely N-dealkylation sites (N-methyl/N-ethyl adjacent to an activating group) is 1. The third kappa shape index (κ3) is 2.04. The molecule has 0 aromatic heterocycles. The summed E-state index contributed by atoms with van der Waals surface area (Å²) in [7, 11) is 1.91. The van der Waals surface area contributed by atoms with Crippen LogP contribution in [0.1, 0.15) is 12.8 Å². The highest BCUT2D eigenvalue weighted by Gasteiger charge is 2.20. The third-order valence-corrected chi connectivity index (χ3v) is 2.15. The second-order valence-corrected chi connectivity index (χ2v) is 3.07. The highest BCUT2D eigenvalue weighted by atomic mass is 19.1. The Morgan fingerprint density at radius 3 is 2.83 bits per heavy atom. The number of carbonyl (C=O) groups is 1. The van der Waals surface area contributed by atoms with Crippen LogP contribution in [0.5, 0.6) is 0 Å². The van der Waals surface area contributed by atoms with E-state index in [1.807, 2.05) is 11.9 Å². The lowest BCUT2D eigenvalue weighted by atomic mass is 10.2. The lowest BCUT2D eigenvalue weighted by Crippen LogP contribution is -2.24. The van der Waals surface area contributed by atoms with Gasteiger partial charge in [-0.2, -0.15) is 0 Å². The summed E-state index contributed by atoms with van der Waals surface area (Å²) in [5.74, 6) is -1.80. The number of halogens is 1. The molecule has 0 bridgehead atoms. The van der Waals surface area contributed by atoms with Gasteiger partial charge in [-0.1, -0.05) is 0 Å². The fraction of sp³-hybridized carbons (Fsp3) is 0.625. The van der Waals surface area contributed by atoms with Gasteiger partial charge in [0.15, 0.2) is 5.83 Å². The molecule has 0 spiro atoms. The van der Waals surface area contributed by atoms with Gasteiger partial charge >= 0.3 is 0 Å². The van der Waals surface area contributed by atoms with E-state index in [4.69, 9.17) is 5.73 Å². The number of nitrogens with zero attached hydrogens (tertiary/aromatic N) is 1. The Kier molecular flexibility index (Phi) is 2.81. The van der Waals surface area contributed by atoms with Crippen molar-refractivity contribution in [3.63, 3.8) is 0 Å². The van der Waals surface area contributed by atoms with Crippen molar-refractivity contribution < 1.29 is 9.18 Å². The Morgan fingerprint density at radius 1 is 1.75 bits per heavy atom. The molecule has 1 heterocycles. The van der Waals surface area contributed by atoms with Crippen molar-refractivity contribution in [3.05, 3.63) is 11.9 Å². The molecule has 2 N–H and O–H groups in total. The van der Waals surface area contributed by atoms with E-state index in [2.05, 4.69) is 0 Å². The van der Waals surface area contributed by atoms with Crippen LogP contribution < -0.4 is 5.73 Å². The first-order chi connectivity index (χ1) is 5.61. The van der Waals surface area contributed by atoms with E-state index >= 15 is 0 Å². The summed E-state index contributed by atoms with van der Waals surface area (Å²) in [6.45, 7) is 0.952. The average molecular weight is 172 g/mol. The maximum absolute atomic E-state index is 12.7. The Hall–Kier alpha value is -0.900. The predicted molar refractivity (Wildman–Crippen MR) is 44.0 cm³/mol. The Labute approximate surface area is 71.0 Å². The van der Waals surface area contributed by atoms with Crippen LogP contribution in [0, 0.1) is 0 Å². The van der Waals surface area contributed by atoms with E-state index in [0.717, 1.165) is 19.4 Å². The number of hydrogen-bond donors (Lipinski definition) is 1. The lowest BCUT2D eigenvalue weighted by Gasteiger charge is -2.14. The molecule has 1 amide bonds. The van der Waals surface area contributed by atoms with Gasteiger partial charge in [-0.05, 0) is 32.5 Å². The van der Waals surface area contributed by atoms with Crippen molar-refractivity contribution in [2.75, 3.05) is 13.6 Å². The zero-order valence-corrected chi connectivity index (χ0v) is 7.09. The highest BCUT2D eigenvalue weighted by molar-refractivity contribution is 5.89. The average Bonchev–Trinajstić information content (AvgIpc) is 2.36. The fourth-order valence-corrected chi connectivity index (χ4v) is 1.40. The Balaban J connectivity index is 2.59.